The molecule has 0 amide bonds. The first-order valence-corrected chi connectivity index (χ1v) is 5.61. The normalized spacial score (nSPS) is 14.1. The summed E-state index contributed by atoms with van der Waals surface area (Å²) in [7, 11) is 0. The molecule has 1 N–H and O–H groups in total. The van der Waals surface area contributed by atoms with Gasteiger partial charge in [-0.1, -0.05) is 12.1 Å². The topological polar surface area (TPSA) is 64.3 Å². The van der Waals surface area contributed by atoms with Crippen molar-refractivity contribution in [3.8, 4) is 6.07 Å². The minimum Gasteiger partial charge on any atom is -0.480 e. The van der Waals surface area contributed by atoms with Crippen molar-refractivity contribution >= 4 is 11.7 Å². The van der Waals surface area contributed by atoms with Crippen LogP contribution in [0.5, 0.6) is 0 Å². The van der Waals surface area contributed by atoms with Crippen LogP contribution in [-0.2, 0) is 4.79 Å². The third-order valence-corrected chi connectivity index (χ3v) is 2.94. The fourth-order valence-corrected chi connectivity index (χ4v) is 2.05. The van der Waals surface area contributed by atoms with Crippen LogP contribution in [-0.4, -0.2) is 23.7 Å². The van der Waals surface area contributed by atoms with Gasteiger partial charge >= 0.3 is 5.97 Å². The van der Waals surface area contributed by atoms with Gasteiger partial charge in [-0.15, -0.1) is 0 Å². The van der Waals surface area contributed by atoms with Crippen molar-refractivity contribution in [1.29, 1.82) is 5.26 Å². The summed E-state index contributed by atoms with van der Waals surface area (Å²) in [4.78, 5) is 12.7. The van der Waals surface area contributed by atoms with E-state index in [0.717, 1.165) is 24.1 Å². The highest BCUT2D eigenvalue weighted by Gasteiger charge is 2.32. The molecule has 0 spiro atoms. The lowest BCUT2D eigenvalue weighted by molar-refractivity contribution is -0.135. The number of carbonyl (C=O) groups is 1. The molecule has 1 aliphatic carbocycles. The second-order valence-electron chi connectivity index (χ2n) is 4.34. The predicted octanol–water partition coefficient (Wildman–Crippen LogP) is 1.92. The van der Waals surface area contributed by atoms with E-state index in [-0.39, 0.29) is 12.6 Å². The maximum absolute atomic E-state index is 10.9. The van der Waals surface area contributed by atoms with E-state index in [9.17, 15) is 4.79 Å². The first-order chi connectivity index (χ1) is 8.13. The van der Waals surface area contributed by atoms with Crippen molar-refractivity contribution in [2.75, 3.05) is 11.4 Å². The Labute approximate surface area is 100 Å². The molecule has 1 fully saturated rings. The minimum absolute atomic E-state index is 0.0375. The number of rotatable bonds is 4. The predicted molar refractivity (Wildman–Crippen MR) is 63.9 cm³/mol. The Morgan fingerprint density at radius 1 is 1.59 bits per heavy atom. The van der Waals surface area contributed by atoms with Gasteiger partial charge in [0.1, 0.15) is 12.6 Å². The van der Waals surface area contributed by atoms with Gasteiger partial charge in [-0.25, -0.2) is 0 Å². The average Bonchev–Trinajstić information content (AvgIpc) is 3.09. The van der Waals surface area contributed by atoms with Gasteiger partial charge in [0, 0.05) is 6.04 Å². The smallest absolute Gasteiger partial charge is 0.323 e. The van der Waals surface area contributed by atoms with Crippen molar-refractivity contribution in [3.63, 3.8) is 0 Å². The number of anilines is 1. The Morgan fingerprint density at radius 2 is 2.29 bits per heavy atom. The highest BCUT2D eigenvalue weighted by molar-refractivity contribution is 5.77. The molecule has 0 heterocycles. The number of hydrogen-bond acceptors (Lipinski definition) is 3. The van der Waals surface area contributed by atoms with Gasteiger partial charge in [0.2, 0.25) is 0 Å². The van der Waals surface area contributed by atoms with E-state index in [1.165, 1.54) is 0 Å². The Bertz CT molecular complexity index is 487. The van der Waals surface area contributed by atoms with Crippen molar-refractivity contribution in [1.82, 2.24) is 0 Å². The van der Waals surface area contributed by atoms with Gasteiger partial charge in [0.05, 0.1) is 11.3 Å². The second kappa shape index (κ2) is 4.46. The van der Waals surface area contributed by atoms with E-state index in [1.54, 1.807) is 6.07 Å². The zero-order chi connectivity index (χ0) is 12.4. The summed E-state index contributed by atoms with van der Waals surface area (Å²) in [6.07, 6.45) is 2.01. The Hall–Kier alpha value is -2.02. The third-order valence-electron chi connectivity index (χ3n) is 2.94. The summed E-state index contributed by atoms with van der Waals surface area (Å²) in [6, 6.07) is 7.88. The van der Waals surface area contributed by atoms with Gasteiger partial charge in [-0.2, -0.15) is 5.26 Å². The highest BCUT2D eigenvalue weighted by Crippen LogP contribution is 2.35. The summed E-state index contributed by atoms with van der Waals surface area (Å²) in [6.45, 7) is 1.87. The second-order valence-corrected chi connectivity index (χ2v) is 4.34. The van der Waals surface area contributed by atoms with Crippen molar-refractivity contribution < 1.29 is 9.90 Å². The fraction of sp³-hybridized carbons (Fsp3) is 0.385. The quantitative estimate of drug-likeness (QED) is 0.858. The van der Waals surface area contributed by atoms with E-state index in [4.69, 9.17) is 10.4 Å². The number of carboxylic acid groups (broad SMARTS) is 1. The molecule has 0 aromatic heterocycles. The molecule has 4 heteroatoms. The lowest BCUT2D eigenvalue weighted by Crippen LogP contribution is -2.32. The van der Waals surface area contributed by atoms with Crippen LogP contribution in [0.4, 0.5) is 5.69 Å². The SMILES string of the molecule is Cc1cccc(C#N)c1N(CC(=O)O)C1CC1. The molecule has 2 rings (SSSR count). The van der Waals surface area contributed by atoms with E-state index in [0.29, 0.717) is 5.56 Å². The number of carboxylic acids is 1. The number of aryl methyl sites for hydroxylation is 1. The summed E-state index contributed by atoms with van der Waals surface area (Å²) in [5, 5.41) is 18.1. The monoisotopic (exact) mass is 230 g/mol. The van der Waals surface area contributed by atoms with Gasteiger partial charge in [-0.05, 0) is 31.4 Å². The molecule has 1 aromatic carbocycles. The molecule has 1 aromatic rings. The molecule has 0 atom stereocenters. The Balaban J connectivity index is 2.41. The van der Waals surface area contributed by atoms with E-state index in [2.05, 4.69) is 6.07 Å². The largest absolute Gasteiger partial charge is 0.480 e. The number of benzene rings is 1. The molecule has 0 saturated heterocycles. The van der Waals surface area contributed by atoms with Gasteiger partial charge in [0.15, 0.2) is 0 Å². The average molecular weight is 230 g/mol. The summed E-state index contributed by atoms with van der Waals surface area (Å²) >= 11 is 0. The van der Waals surface area contributed by atoms with Crippen LogP contribution in [0.15, 0.2) is 18.2 Å². The first kappa shape index (κ1) is 11.5. The number of hydrogen-bond donors (Lipinski definition) is 1. The number of aliphatic carboxylic acids is 1. The third kappa shape index (κ3) is 2.39. The molecular weight excluding hydrogens is 216 g/mol. The lowest BCUT2D eigenvalue weighted by Gasteiger charge is -2.25. The zero-order valence-electron chi connectivity index (χ0n) is 9.68. The van der Waals surface area contributed by atoms with Gasteiger partial charge in [0.25, 0.3) is 0 Å². The number of para-hydroxylation sites is 1. The van der Waals surface area contributed by atoms with Crippen LogP contribution < -0.4 is 4.90 Å². The lowest BCUT2D eigenvalue weighted by atomic mass is 10.1. The number of nitrogens with zero attached hydrogens (tertiary/aromatic N) is 2. The summed E-state index contributed by atoms with van der Waals surface area (Å²) in [5.41, 5.74) is 2.29. The molecule has 0 unspecified atom stereocenters. The van der Waals surface area contributed by atoms with Crippen LogP contribution in [0.2, 0.25) is 0 Å². The van der Waals surface area contributed by atoms with Crippen LogP contribution in [0.1, 0.15) is 24.0 Å². The molecule has 0 aliphatic heterocycles. The zero-order valence-corrected chi connectivity index (χ0v) is 9.68. The van der Waals surface area contributed by atoms with Gasteiger partial charge in [-0.3, -0.25) is 4.79 Å². The number of nitriles is 1. The van der Waals surface area contributed by atoms with Gasteiger partial charge < -0.3 is 10.0 Å². The molecule has 88 valence electrons. The van der Waals surface area contributed by atoms with E-state index in [1.807, 2.05) is 24.0 Å². The molecule has 0 bridgehead atoms. The molecule has 4 nitrogen and oxygen atoms in total. The molecular formula is C13H14N2O2. The fourth-order valence-electron chi connectivity index (χ4n) is 2.05. The van der Waals surface area contributed by atoms with Crippen LogP contribution in [0.3, 0.4) is 0 Å². The molecule has 1 aliphatic rings. The molecule has 0 radical (unpaired) electrons. The Kier molecular flexibility index (Phi) is 3.01. The maximum Gasteiger partial charge on any atom is 0.323 e. The maximum atomic E-state index is 10.9. The standard InChI is InChI=1S/C13H14N2O2/c1-9-3-2-4-10(7-14)13(9)15(8-12(16)17)11-5-6-11/h2-4,11H,5-6,8H2,1H3,(H,16,17). The molecule has 17 heavy (non-hydrogen) atoms. The summed E-state index contributed by atoms with van der Waals surface area (Å²) in [5.74, 6) is -0.857. The van der Waals surface area contributed by atoms with Crippen LogP contribution in [0.25, 0.3) is 0 Å². The first-order valence-electron chi connectivity index (χ1n) is 5.61. The minimum atomic E-state index is -0.857. The van der Waals surface area contributed by atoms with Crippen molar-refractivity contribution in [3.05, 3.63) is 29.3 Å². The van der Waals surface area contributed by atoms with E-state index >= 15 is 0 Å². The van der Waals surface area contributed by atoms with Crippen LogP contribution >= 0.6 is 0 Å². The summed E-state index contributed by atoms with van der Waals surface area (Å²) < 4.78 is 0. The highest BCUT2D eigenvalue weighted by atomic mass is 16.4. The van der Waals surface area contributed by atoms with Crippen molar-refractivity contribution in [2.24, 2.45) is 0 Å². The van der Waals surface area contributed by atoms with Crippen LogP contribution in [0, 0.1) is 18.3 Å². The van der Waals surface area contributed by atoms with E-state index < -0.39 is 5.97 Å². The molecule has 1 saturated carbocycles. The van der Waals surface area contributed by atoms with Crippen molar-refractivity contribution in [2.45, 2.75) is 25.8 Å². The Morgan fingerprint density at radius 3 is 2.82 bits per heavy atom.